The lowest BCUT2D eigenvalue weighted by Crippen LogP contribution is -1.97. The van der Waals surface area contributed by atoms with E-state index < -0.39 is 0 Å². The van der Waals surface area contributed by atoms with E-state index in [1.165, 1.54) is 0 Å². The third-order valence-corrected chi connectivity index (χ3v) is 1.43. The summed E-state index contributed by atoms with van der Waals surface area (Å²) in [4.78, 5) is 3.03. The molecule has 2 heteroatoms. The van der Waals surface area contributed by atoms with Gasteiger partial charge in [0.15, 0.2) is 0 Å². The number of aliphatic hydroxyl groups is 1. The molecule has 0 aromatic carbocycles. The largest absolute Gasteiger partial charge is 0.396 e. The Bertz CT molecular complexity index is 157. The Morgan fingerprint density at radius 3 is 3.00 bits per heavy atom. The maximum atomic E-state index is 8.69. The minimum atomic E-state index is 0.209. The molecule has 1 aromatic heterocycles. The van der Waals surface area contributed by atoms with Gasteiger partial charge in [-0.25, -0.2) is 0 Å². The second kappa shape index (κ2) is 2.69. The van der Waals surface area contributed by atoms with Gasteiger partial charge in [0.1, 0.15) is 0 Å². The van der Waals surface area contributed by atoms with Crippen LogP contribution in [0.1, 0.15) is 18.5 Å². The summed E-state index contributed by atoms with van der Waals surface area (Å²) in [5.41, 5.74) is 1.09. The molecule has 1 aromatic rings. The highest BCUT2D eigenvalue weighted by atomic mass is 16.3. The van der Waals surface area contributed by atoms with Crippen molar-refractivity contribution in [3.63, 3.8) is 0 Å². The van der Waals surface area contributed by atoms with Gasteiger partial charge in [-0.1, -0.05) is 6.92 Å². The van der Waals surface area contributed by atoms with Crippen LogP contribution in [-0.4, -0.2) is 16.7 Å². The van der Waals surface area contributed by atoms with Crippen LogP contribution >= 0.6 is 0 Å². The average Bonchev–Trinajstić information content (AvgIpc) is 2.37. The molecular formula is C7H11NO. The summed E-state index contributed by atoms with van der Waals surface area (Å²) >= 11 is 0. The molecule has 1 atom stereocenters. The molecule has 0 amide bonds. The molecule has 0 fully saturated rings. The highest BCUT2D eigenvalue weighted by molar-refractivity contribution is 5.08. The second-order valence-electron chi connectivity index (χ2n) is 2.21. The number of hydrogen-bond acceptors (Lipinski definition) is 1. The minimum Gasteiger partial charge on any atom is -0.396 e. The van der Waals surface area contributed by atoms with Crippen molar-refractivity contribution in [1.29, 1.82) is 0 Å². The van der Waals surface area contributed by atoms with Crippen LogP contribution in [0, 0.1) is 0 Å². The van der Waals surface area contributed by atoms with Gasteiger partial charge in [-0.3, -0.25) is 0 Å². The van der Waals surface area contributed by atoms with E-state index >= 15 is 0 Å². The summed E-state index contributed by atoms with van der Waals surface area (Å²) in [6.45, 7) is 2.19. The lowest BCUT2D eigenvalue weighted by atomic mass is 10.1. The topological polar surface area (TPSA) is 36.0 Å². The molecule has 0 saturated heterocycles. The van der Waals surface area contributed by atoms with Crippen LogP contribution < -0.4 is 0 Å². The van der Waals surface area contributed by atoms with Gasteiger partial charge in [0, 0.05) is 17.8 Å². The van der Waals surface area contributed by atoms with E-state index in [1.54, 1.807) is 0 Å². The van der Waals surface area contributed by atoms with Crippen LogP contribution in [-0.2, 0) is 0 Å². The highest BCUT2D eigenvalue weighted by Crippen LogP contribution is 2.09. The molecule has 1 unspecified atom stereocenters. The lowest BCUT2D eigenvalue weighted by molar-refractivity contribution is 0.271. The van der Waals surface area contributed by atoms with Crippen LogP contribution in [0.4, 0.5) is 0 Å². The van der Waals surface area contributed by atoms with Gasteiger partial charge in [-0.15, -0.1) is 0 Å². The number of rotatable bonds is 2. The van der Waals surface area contributed by atoms with Crippen molar-refractivity contribution in [3.05, 3.63) is 24.0 Å². The molecule has 2 N–H and O–H groups in total. The first-order valence-corrected chi connectivity index (χ1v) is 3.08. The van der Waals surface area contributed by atoms with Crippen LogP contribution in [0.2, 0.25) is 0 Å². The Morgan fingerprint density at radius 1 is 1.78 bits per heavy atom. The van der Waals surface area contributed by atoms with Gasteiger partial charge in [0.05, 0.1) is 6.61 Å². The molecule has 0 spiro atoms. The summed E-state index contributed by atoms with van der Waals surface area (Å²) in [5, 5.41) is 8.69. The summed E-state index contributed by atoms with van der Waals surface area (Å²) in [7, 11) is 0. The number of aromatic nitrogens is 1. The third kappa shape index (κ3) is 1.33. The van der Waals surface area contributed by atoms with E-state index in [-0.39, 0.29) is 12.5 Å². The molecule has 1 heterocycles. The number of hydrogen-bond donors (Lipinski definition) is 2. The SMILES string of the molecule is CC(CO)c1ccc[nH]1. The summed E-state index contributed by atoms with van der Waals surface area (Å²) in [6, 6.07) is 3.91. The predicted molar refractivity (Wildman–Crippen MR) is 36.3 cm³/mol. The van der Waals surface area contributed by atoms with E-state index in [1.807, 2.05) is 25.3 Å². The fourth-order valence-electron chi connectivity index (χ4n) is 0.749. The van der Waals surface area contributed by atoms with Crippen molar-refractivity contribution in [1.82, 2.24) is 4.98 Å². The van der Waals surface area contributed by atoms with E-state index in [2.05, 4.69) is 4.98 Å². The van der Waals surface area contributed by atoms with Crippen LogP contribution in [0.3, 0.4) is 0 Å². The Labute approximate surface area is 54.5 Å². The Hall–Kier alpha value is -0.760. The van der Waals surface area contributed by atoms with E-state index in [9.17, 15) is 0 Å². The lowest BCUT2D eigenvalue weighted by Gasteiger charge is -2.02. The van der Waals surface area contributed by atoms with Crippen molar-refractivity contribution in [2.45, 2.75) is 12.8 Å². The summed E-state index contributed by atoms with van der Waals surface area (Å²) < 4.78 is 0. The fourth-order valence-corrected chi connectivity index (χ4v) is 0.749. The molecule has 0 radical (unpaired) electrons. The van der Waals surface area contributed by atoms with Crippen molar-refractivity contribution in [3.8, 4) is 0 Å². The van der Waals surface area contributed by atoms with Gasteiger partial charge in [-0.2, -0.15) is 0 Å². The van der Waals surface area contributed by atoms with Gasteiger partial charge >= 0.3 is 0 Å². The predicted octanol–water partition coefficient (Wildman–Crippen LogP) is 1.11. The normalized spacial score (nSPS) is 13.6. The first-order valence-electron chi connectivity index (χ1n) is 3.08. The monoisotopic (exact) mass is 125 g/mol. The van der Waals surface area contributed by atoms with Crippen LogP contribution in [0.15, 0.2) is 18.3 Å². The Kier molecular flexibility index (Phi) is 1.90. The molecule has 0 aliphatic carbocycles. The van der Waals surface area contributed by atoms with E-state index in [0.29, 0.717) is 0 Å². The van der Waals surface area contributed by atoms with Gasteiger partial charge in [0.25, 0.3) is 0 Å². The summed E-state index contributed by atoms with van der Waals surface area (Å²) in [6.07, 6.45) is 1.86. The highest BCUT2D eigenvalue weighted by Gasteiger charge is 2.01. The number of nitrogens with one attached hydrogen (secondary N) is 1. The molecule has 0 bridgehead atoms. The first-order chi connectivity index (χ1) is 4.34. The zero-order valence-electron chi connectivity index (χ0n) is 5.46. The maximum absolute atomic E-state index is 8.69. The molecule has 0 aliphatic heterocycles. The maximum Gasteiger partial charge on any atom is 0.0511 e. The molecule has 0 saturated carbocycles. The zero-order valence-corrected chi connectivity index (χ0v) is 5.46. The van der Waals surface area contributed by atoms with Crippen molar-refractivity contribution in [2.75, 3.05) is 6.61 Å². The van der Waals surface area contributed by atoms with Crippen LogP contribution in [0.5, 0.6) is 0 Å². The first kappa shape index (κ1) is 6.36. The van der Waals surface area contributed by atoms with Crippen molar-refractivity contribution >= 4 is 0 Å². The van der Waals surface area contributed by atoms with Crippen molar-refractivity contribution in [2.24, 2.45) is 0 Å². The second-order valence-corrected chi connectivity index (χ2v) is 2.21. The minimum absolute atomic E-state index is 0.209. The van der Waals surface area contributed by atoms with Crippen molar-refractivity contribution < 1.29 is 5.11 Å². The molecular weight excluding hydrogens is 114 g/mol. The molecule has 9 heavy (non-hydrogen) atoms. The third-order valence-electron chi connectivity index (χ3n) is 1.43. The number of H-pyrrole nitrogens is 1. The smallest absolute Gasteiger partial charge is 0.0511 e. The molecule has 2 nitrogen and oxygen atoms in total. The van der Waals surface area contributed by atoms with Crippen LogP contribution in [0.25, 0.3) is 0 Å². The number of aromatic amines is 1. The van der Waals surface area contributed by atoms with E-state index in [4.69, 9.17) is 5.11 Å². The standard InChI is InChI=1S/C7H11NO/c1-6(5-9)7-3-2-4-8-7/h2-4,6,8-9H,5H2,1H3. The van der Waals surface area contributed by atoms with Gasteiger partial charge < -0.3 is 10.1 Å². The quantitative estimate of drug-likeness (QED) is 0.610. The van der Waals surface area contributed by atoms with E-state index in [0.717, 1.165) is 5.69 Å². The fraction of sp³-hybridized carbons (Fsp3) is 0.429. The van der Waals surface area contributed by atoms with Gasteiger partial charge in [0.2, 0.25) is 0 Å². The molecule has 1 rings (SSSR count). The average molecular weight is 125 g/mol. The van der Waals surface area contributed by atoms with Gasteiger partial charge in [-0.05, 0) is 12.1 Å². The summed E-state index contributed by atoms with van der Waals surface area (Å²) in [5.74, 6) is 0.236. The zero-order chi connectivity index (χ0) is 6.69. The molecule has 0 aliphatic rings. The molecule has 50 valence electrons. The number of aliphatic hydroxyl groups excluding tert-OH is 1. The Morgan fingerprint density at radius 2 is 2.56 bits per heavy atom. The Balaban J connectivity index is 2.65.